The molecule has 1 heterocycles. The molecule has 3 rings (SSSR count). The van der Waals surface area contributed by atoms with Crippen molar-refractivity contribution in [2.24, 2.45) is 0 Å². The maximum absolute atomic E-state index is 12.6. The molecule has 1 saturated heterocycles. The minimum absolute atomic E-state index is 0.000952. The van der Waals surface area contributed by atoms with Crippen LogP contribution in [0.1, 0.15) is 12.8 Å². The molecule has 0 atom stereocenters. The van der Waals surface area contributed by atoms with Crippen LogP contribution in [-0.2, 0) is 14.8 Å². The fraction of sp³-hybridized carbons (Fsp3) is 0.278. The number of nitrogens with one attached hydrogen (secondary N) is 2. The van der Waals surface area contributed by atoms with Gasteiger partial charge in [-0.3, -0.25) is 14.9 Å². The zero-order chi connectivity index (χ0) is 21.0. The predicted molar refractivity (Wildman–Crippen MR) is 110 cm³/mol. The fourth-order valence-corrected chi connectivity index (χ4v) is 4.71. The van der Waals surface area contributed by atoms with Gasteiger partial charge in [0.25, 0.3) is 5.69 Å². The molecule has 2 N–H and O–H groups in total. The minimum atomic E-state index is -3.58. The van der Waals surface area contributed by atoms with Gasteiger partial charge >= 0.3 is 0 Å². The summed E-state index contributed by atoms with van der Waals surface area (Å²) in [6, 6.07) is 10.2. The van der Waals surface area contributed by atoms with Crippen molar-refractivity contribution in [1.29, 1.82) is 0 Å². The van der Waals surface area contributed by atoms with E-state index in [9.17, 15) is 23.3 Å². The number of nitro benzene ring substituents is 1. The Morgan fingerprint density at radius 2 is 1.86 bits per heavy atom. The van der Waals surface area contributed by atoms with Crippen molar-refractivity contribution in [3.05, 3.63) is 57.6 Å². The van der Waals surface area contributed by atoms with E-state index in [1.54, 1.807) is 12.1 Å². The molecule has 154 valence electrons. The summed E-state index contributed by atoms with van der Waals surface area (Å²) < 4.78 is 26.7. The van der Waals surface area contributed by atoms with Crippen LogP contribution in [0.4, 0.5) is 17.1 Å². The van der Waals surface area contributed by atoms with Crippen LogP contribution in [0.25, 0.3) is 0 Å². The Morgan fingerprint density at radius 1 is 1.14 bits per heavy atom. The average molecular weight is 439 g/mol. The minimum Gasteiger partial charge on any atom is -0.376 e. The van der Waals surface area contributed by atoms with Crippen molar-refractivity contribution >= 4 is 44.6 Å². The van der Waals surface area contributed by atoms with Gasteiger partial charge in [0.15, 0.2) is 0 Å². The highest BCUT2D eigenvalue weighted by Crippen LogP contribution is 2.27. The number of amides is 1. The van der Waals surface area contributed by atoms with E-state index in [1.165, 1.54) is 34.6 Å². The van der Waals surface area contributed by atoms with Crippen LogP contribution in [0.15, 0.2) is 47.4 Å². The molecule has 0 spiro atoms. The van der Waals surface area contributed by atoms with Crippen molar-refractivity contribution in [2.45, 2.75) is 17.7 Å². The molecule has 1 fully saturated rings. The molecule has 0 aromatic heterocycles. The molecule has 0 saturated carbocycles. The van der Waals surface area contributed by atoms with Gasteiger partial charge in [-0.05, 0) is 43.2 Å². The number of benzene rings is 2. The quantitative estimate of drug-likeness (QED) is 0.506. The summed E-state index contributed by atoms with van der Waals surface area (Å²) in [6.45, 7) is 0.827. The maximum Gasteiger partial charge on any atom is 0.289 e. The van der Waals surface area contributed by atoms with Crippen molar-refractivity contribution < 1.29 is 18.1 Å². The van der Waals surface area contributed by atoms with E-state index >= 15 is 0 Å². The Balaban J connectivity index is 1.64. The van der Waals surface area contributed by atoms with Gasteiger partial charge < -0.3 is 10.6 Å². The number of carbonyl (C=O) groups is 1. The Bertz CT molecular complexity index is 1040. The van der Waals surface area contributed by atoms with Gasteiger partial charge in [0.2, 0.25) is 15.9 Å². The molecule has 1 aliphatic rings. The first-order valence-corrected chi connectivity index (χ1v) is 10.7. The summed E-state index contributed by atoms with van der Waals surface area (Å²) in [5, 5.41) is 16.3. The summed E-state index contributed by atoms with van der Waals surface area (Å²) in [7, 11) is -3.58. The van der Waals surface area contributed by atoms with Crippen molar-refractivity contribution in [2.75, 3.05) is 30.3 Å². The van der Waals surface area contributed by atoms with Crippen LogP contribution in [0.5, 0.6) is 0 Å². The van der Waals surface area contributed by atoms with E-state index in [4.69, 9.17) is 11.6 Å². The molecule has 1 aliphatic heterocycles. The first kappa shape index (κ1) is 21.0. The SMILES string of the molecule is O=C(CNc1ccc(Cl)c([N+](=O)[O-])c1)Nc1cccc(S(=O)(=O)N2CCCC2)c1. The molecule has 0 aliphatic carbocycles. The third-order valence-corrected chi connectivity index (χ3v) is 6.63. The van der Waals surface area contributed by atoms with Crippen LogP contribution in [0.3, 0.4) is 0 Å². The third-order valence-electron chi connectivity index (χ3n) is 4.42. The molecule has 1 amide bonds. The van der Waals surface area contributed by atoms with E-state index in [0.29, 0.717) is 24.5 Å². The largest absolute Gasteiger partial charge is 0.376 e. The lowest BCUT2D eigenvalue weighted by atomic mass is 10.2. The highest BCUT2D eigenvalue weighted by Gasteiger charge is 2.27. The maximum atomic E-state index is 12.6. The Hall–Kier alpha value is -2.69. The van der Waals surface area contributed by atoms with Crippen LogP contribution in [-0.4, -0.2) is 43.2 Å². The fourth-order valence-electron chi connectivity index (χ4n) is 2.96. The molecule has 2 aromatic carbocycles. The average Bonchev–Trinajstić information content (AvgIpc) is 3.23. The number of hydrogen-bond acceptors (Lipinski definition) is 6. The van der Waals surface area contributed by atoms with Gasteiger partial charge in [-0.2, -0.15) is 4.31 Å². The van der Waals surface area contributed by atoms with E-state index in [2.05, 4.69) is 10.6 Å². The molecule has 0 unspecified atom stereocenters. The van der Waals surface area contributed by atoms with E-state index < -0.39 is 20.9 Å². The molecule has 0 bridgehead atoms. The second kappa shape index (κ2) is 8.76. The number of hydrogen-bond donors (Lipinski definition) is 2. The first-order valence-electron chi connectivity index (χ1n) is 8.85. The summed E-state index contributed by atoms with van der Waals surface area (Å²) in [4.78, 5) is 22.6. The lowest BCUT2D eigenvalue weighted by molar-refractivity contribution is -0.384. The Kier molecular flexibility index (Phi) is 6.36. The van der Waals surface area contributed by atoms with Gasteiger partial charge in [-0.25, -0.2) is 8.42 Å². The monoisotopic (exact) mass is 438 g/mol. The number of nitro groups is 1. The van der Waals surface area contributed by atoms with Crippen LogP contribution in [0, 0.1) is 10.1 Å². The number of rotatable bonds is 7. The zero-order valence-electron chi connectivity index (χ0n) is 15.3. The number of halogens is 1. The molecule has 11 heteroatoms. The summed E-state index contributed by atoms with van der Waals surface area (Å²) >= 11 is 5.76. The van der Waals surface area contributed by atoms with E-state index in [0.717, 1.165) is 12.8 Å². The van der Waals surface area contributed by atoms with Crippen molar-refractivity contribution in [1.82, 2.24) is 4.31 Å². The van der Waals surface area contributed by atoms with Crippen molar-refractivity contribution in [3.8, 4) is 0 Å². The highest BCUT2D eigenvalue weighted by atomic mass is 35.5. The van der Waals surface area contributed by atoms with Gasteiger partial charge in [-0.1, -0.05) is 17.7 Å². The topological polar surface area (TPSA) is 122 Å². The van der Waals surface area contributed by atoms with Crippen LogP contribution >= 0.6 is 11.6 Å². The second-order valence-corrected chi connectivity index (χ2v) is 8.81. The number of nitrogens with zero attached hydrogens (tertiary/aromatic N) is 2. The van der Waals surface area contributed by atoms with Gasteiger partial charge in [-0.15, -0.1) is 0 Å². The van der Waals surface area contributed by atoms with Gasteiger partial charge in [0, 0.05) is 30.5 Å². The number of carbonyl (C=O) groups excluding carboxylic acids is 1. The number of anilines is 2. The molecule has 0 radical (unpaired) electrons. The molecule has 2 aromatic rings. The lowest BCUT2D eigenvalue weighted by Crippen LogP contribution is -2.28. The number of sulfonamides is 1. The van der Waals surface area contributed by atoms with Gasteiger partial charge in [0.05, 0.1) is 16.4 Å². The van der Waals surface area contributed by atoms with Crippen LogP contribution < -0.4 is 10.6 Å². The standard InChI is InChI=1S/C18H19ClN4O5S/c19-16-7-6-13(11-17(16)23(25)26)20-12-18(24)21-14-4-3-5-15(10-14)29(27,28)22-8-1-2-9-22/h3-7,10-11,20H,1-2,8-9,12H2,(H,21,24). The first-order chi connectivity index (χ1) is 13.8. The second-order valence-electron chi connectivity index (χ2n) is 6.46. The Labute approximate surface area is 172 Å². The molecular formula is C18H19ClN4O5S. The lowest BCUT2D eigenvalue weighted by Gasteiger charge is -2.16. The van der Waals surface area contributed by atoms with Crippen LogP contribution in [0.2, 0.25) is 5.02 Å². The summed E-state index contributed by atoms with van der Waals surface area (Å²) in [5.74, 6) is -0.432. The van der Waals surface area contributed by atoms with Crippen molar-refractivity contribution in [3.63, 3.8) is 0 Å². The normalized spacial score (nSPS) is 14.5. The predicted octanol–water partition coefficient (Wildman–Crippen LogP) is 3.08. The Morgan fingerprint density at radius 3 is 2.55 bits per heavy atom. The third kappa shape index (κ3) is 5.03. The molecule has 9 nitrogen and oxygen atoms in total. The smallest absolute Gasteiger partial charge is 0.289 e. The highest BCUT2D eigenvalue weighted by molar-refractivity contribution is 7.89. The summed E-state index contributed by atoms with van der Waals surface area (Å²) in [5.41, 5.74) is 0.442. The van der Waals surface area contributed by atoms with E-state index in [1.807, 2.05) is 0 Å². The molecular weight excluding hydrogens is 420 g/mol. The molecule has 29 heavy (non-hydrogen) atoms. The van der Waals surface area contributed by atoms with Gasteiger partial charge in [0.1, 0.15) is 5.02 Å². The zero-order valence-corrected chi connectivity index (χ0v) is 16.9. The summed E-state index contributed by atoms with van der Waals surface area (Å²) in [6.07, 6.45) is 1.67. The van der Waals surface area contributed by atoms with E-state index in [-0.39, 0.29) is 22.2 Å².